The van der Waals surface area contributed by atoms with E-state index in [9.17, 15) is 9.59 Å². The second-order valence-corrected chi connectivity index (χ2v) is 6.90. The summed E-state index contributed by atoms with van der Waals surface area (Å²) in [5.41, 5.74) is 4.10. The van der Waals surface area contributed by atoms with Crippen LogP contribution in [0.3, 0.4) is 0 Å². The largest absolute Gasteiger partial charge is 0.496 e. The second-order valence-electron chi connectivity index (χ2n) is 6.90. The number of hydrogen-bond donors (Lipinski definition) is 1. The number of carbonyl (C=O) groups is 2. The summed E-state index contributed by atoms with van der Waals surface area (Å²) in [5, 5.41) is 2.97. The minimum atomic E-state index is -0.0405. The van der Waals surface area contributed by atoms with Gasteiger partial charge in [0.25, 0.3) is 0 Å². The number of methoxy groups -OCH3 is 1. The van der Waals surface area contributed by atoms with Crippen LogP contribution in [0.2, 0.25) is 0 Å². The fourth-order valence-corrected chi connectivity index (χ4v) is 3.48. The first-order chi connectivity index (χ1) is 13.6. The smallest absolute Gasteiger partial charge is 0.226 e. The summed E-state index contributed by atoms with van der Waals surface area (Å²) in [4.78, 5) is 26.3. The Morgan fingerprint density at radius 1 is 1.21 bits per heavy atom. The Balaban J connectivity index is 1.60. The number of aryl methyl sites for hydroxylation is 1. The summed E-state index contributed by atoms with van der Waals surface area (Å²) in [6.07, 6.45) is 3.82. The van der Waals surface area contributed by atoms with Crippen molar-refractivity contribution < 1.29 is 14.3 Å². The van der Waals surface area contributed by atoms with Crippen LogP contribution in [0.15, 0.2) is 55.1 Å². The molecule has 146 valence electrons. The molecular weight excluding hydrogens is 352 g/mol. The summed E-state index contributed by atoms with van der Waals surface area (Å²) < 4.78 is 5.33. The molecule has 5 heteroatoms. The van der Waals surface area contributed by atoms with Crippen molar-refractivity contribution in [2.45, 2.75) is 32.2 Å². The lowest BCUT2D eigenvalue weighted by atomic mass is 9.98. The van der Waals surface area contributed by atoms with Crippen molar-refractivity contribution in [1.82, 2.24) is 4.90 Å². The molecule has 2 aromatic rings. The number of hydrogen-bond acceptors (Lipinski definition) is 3. The number of nitrogens with zero attached hydrogens (tertiary/aromatic N) is 1. The molecule has 28 heavy (non-hydrogen) atoms. The number of benzene rings is 2. The molecule has 0 aliphatic carbocycles. The fourth-order valence-electron chi connectivity index (χ4n) is 3.48. The highest BCUT2D eigenvalue weighted by molar-refractivity contribution is 5.91. The van der Waals surface area contributed by atoms with E-state index in [2.05, 4.69) is 11.9 Å². The van der Waals surface area contributed by atoms with Crippen LogP contribution < -0.4 is 10.1 Å². The van der Waals surface area contributed by atoms with Gasteiger partial charge >= 0.3 is 0 Å². The van der Waals surface area contributed by atoms with Crippen LogP contribution in [0.25, 0.3) is 0 Å². The Morgan fingerprint density at radius 3 is 2.82 bits per heavy atom. The maximum Gasteiger partial charge on any atom is 0.226 e. The molecule has 0 unspecified atom stereocenters. The number of rotatable bonds is 7. The second kappa shape index (κ2) is 9.22. The molecule has 0 bridgehead atoms. The first-order valence-electron chi connectivity index (χ1n) is 9.53. The molecule has 1 aliphatic heterocycles. The number of fused-ring (bicyclic) bond motifs is 1. The van der Waals surface area contributed by atoms with E-state index in [4.69, 9.17) is 4.74 Å². The molecule has 2 amide bonds. The Labute approximate surface area is 166 Å². The monoisotopic (exact) mass is 378 g/mol. The standard InChI is InChI=1S/C23H26N2O3/c1-3-6-23(27)25-14-13-17-9-11-20(15-19(17)16-25)24-22(26)12-10-18-7-4-5-8-21(18)28-2/h3-5,7-9,11,15H,1,6,10,12-14,16H2,2H3,(H,24,26). The van der Waals surface area contributed by atoms with Crippen molar-refractivity contribution in [3.8, 4) is 5.75 Å². The van der Waals surface area contributed by atoms with Crippen LogP contribution in [-0.4, -0.2) is 30.4 Å². The SMILES string of the molecule is C=CCC(=O)N1CCc2ccc(NC(=O)CCc3ccccc3OC)cc2C1. The van der Waals surface area contributed by atoms with Crippen molar-refractivity contribution in [3.05, 3.63) is 71.8 Å². The Bertz CT molecular complexity index is 876. The lowest BCUT2D eigenvalue weighted by Crippen LogP contribution is -2.35. The average Bonchev–Trinajstić information content (AvgIpc) is 2.72. The van der Waals surface area contributed by atoms with Crippen molar-refractivity contribution >= 4 is 17.5 Å². The third-order valence-electron chi connectivity index (χ3n) is 4.99. The lowest BCUT2D eigenvalue weighted by molar-refractivity contribution is -0.131. The summed E-state index contributed by atoms with van der Waals surface area (Å²) in [5.74, 6) is 0.849. The average molecular weight is 378 g/mol. The molecule has 0 spiro atoms. The summed E-state index contributed by atoms with van der Waals surface area (Å²) in [6, 6.07) is 13.7. The van der Waals surface area contributed by atoms with E-state index in [1.165, 1.54) is 5.56 Å². The first-order valence-corrected chi connectivity index (χ1v) is 9.53. The number of anilines is 1. The molecule has 0 radical (unpaired) electrons. The van der Waals surface area contributed by atoms with E-state index >= 15 is 0 Å². The summed E-state index contributed by atoms with van der Waals surface area (Å²) in [6.45, 7) is 4.94. The van der Waals surface area contributed by atoms with Crippen molar-refractivity contribution in [3.63, 3.8) is 0 Å². The highest BCUT2D eigenvalue weighted by atomic mass is 16.5. The van der Waals surface area contributed by atoms with Gasteiger partial charge in [0.05, 0.1) is 7.11 Å². The maximum atomic E-state index is 12.4. The minimum Gasteiger partial charge on any atom is -0.496 e. The zero-order chi connectivity index (χ0) is 19.9. The van der Waals surface area contributed by atoms with Crippen molar-refractivity contribution in [2.24, 2.45) is 0 Å². The zero-order valence-electron chi connectivity index (χ0n) is 16.2. The number of carbonyl (C=O) groups excluding carboxylic acids is 2. The van der Waals surface area contributed by atoms with Crippen LogP contribution >= 0.6 is 0 Å². The van der Waals surface area contributed by atoms with E-state index in [0.717, 1.165) is 35.5 Å². The predicted molar refractivity (Wildman–Crippen MR) is 110 cm³/mol. The van der Waals surface area contributed by atoms with Crippen LogP contribution in [0.5, 0.6) is 5.75 Å². The molecular formula is C23H26N2O3. The van der Waals surface area contributed by atoms with Crippen LogP contribution in [0, 0.1) is 0 Å². The van der Waals surface area contributed by atoms with Crippen LogP contribution in [0.1, 0.15) is 29.5 Å². The normalized spacial score (nSPS) is 12.8. The molecule has 0 saturated heterocycles. The molecule has 1 N–H and O–H groups in total. The van der Waals surface area contributed by atoms with E-state index in [1.54, 1.807) is 13.2 Å². The summed E-state index contributed by atoms with van der Waals surface area (Å²) >= 11 is 0. The molecule has 2 aromatic carbocycles. The van der Waals surface area contributed by atoms with E-state index in [-0.39, 0.29) is 11.8 Å². The van der Waals surface area contributed by atoms with Gasteiger partial charge in [0, 0.05) is 31.6 Å². The quantitative estimate of drug-likeness (QED) is 0.747. The van der Waals surface area contributed by atoms with E-state index < -0.39 is 0 Å². The van der Waals surface area contributed by atoms with Gasteiger partial charge in [0.2, 0.25) is 11.8 Å². The molecule has 0 aromatic heterocycles. The van der Waals surface area contributed by atoms with E-state index in [0.29, 0.717) is 25.8 Å². The lowest BCUT2D eigenvalue weighted by Gasteiger charge is -2.29. The number of nitrogens with one attached hydrogen (secondary N) is 1. The number of ether oxygens (including phenoxy) is 1. The van der Waals surface area contributed by atoms with Gasteiger partial charge in [-0.15, -0.1) is 6.58 Å². The van der Waals surface area contributed by atoms with Gasteiger partial charge in [-0.2, -0.15) is 0 Å². The Morgan fingerprint density at radius 2 is 2.04 bits per heavy atom. The van der Waals surface area contributed by atoms with Gasteiger partial charge in [0.1, 0.15) is 5.75 Å². The highest BCUT2D eigenvalue weighted by Gasteiger charge is 2.20. The van der Waals surface area contributed by atoms with Gasteiger partial charge in [-0.3, -0.25) is 9.59 Å². The van der Waals surface area contributed by atoms with Crippen molar-refractivity contribution in [2.75, 3.05) is 19.0 Å². The summed E-state index contributed by atoms with van der Waals surface area (Å²) in [7, 11) is 1.63. The molecule has 5 nitrogen and oxygen atoms in total. The van der Waals surface area contributed by atoms with E-state index in [1.807, 2.05) is 47.4 Å². The maximum absolute atomic E-state index is 12.4. The molecule has 0 saturated carbocycles. The van der Waals surface area contributed by atoms with Crippen LogP contribution in [0.4, 0.5) is 5.69 Å². The number of amides is 2. The van der Waals surface area contributed by atoms with Gasteiger partial charge in [0.15, 0.2) is 0 Å². The minimum absolute atomic E-state index is 0.0405. The van der Waals surface area contributed by atoms with Crippen LogP contribution in [-0.2, 0) is 29.0 Å². The number of para-hydroxylation sites is 1. The fraction of sp³-hybridized carbons (Fsp3) is 0.304. The molecule has 0 fully saturated rings. The predicted octanol–water partition coefficient (Wildman–Crippen LogP) is 3.73. The molecule has 1 heterocycles. The van der Waals surface area contributed by atoms with Gasteiger partial charge < -0.3 is 15.0 Å². The molecule has 0 atom stereocenters. The first kappa shape index (κ1) is 19.7. The zero-order valence-corrected chi connectivity index (χ0v) is 16.2. The third kappa shape index (κ3) is 4.80. The topological polar surface area (TPSA) is 58.6 Å². The van der Waals surface area contributed by atoms with Gasteiger partial charge in [-0.05, 0) is 47.7 Å². The van der Waals surface area contributed by atoms with Gasteiger partial charge in [-0.1, -0.05) is 30.3 Å². The van der Waals surface area contributed by atoms with Gasteiger partial charge in [-0.25, -0.2) is 0 Å². The highest BCUT2D eigenvalue weighted by Crippen LogP contribution is 2.24. The van der Waals surface area contributed by atoms with Crippen molar-refractivity contribution in [1.29, 1.82) is 0 Å². The Kier molecular flexibility index (Phi) is 6.48. The Hall–Kier alpha value is -3.08. The third-order valence-corrected chi connectivity index (χ3v) is 4.99. The molecule has 3 rings (SSSR count). The molecule has 1 aliphatic rings.